The number of hydrogen-bond donors (Lipinski definition) is 2. The molecule has 0 saturated heterocycles. The Bertz CT molecular complexity index is 699. The summed E-state index contributed by atoms with van der Waals surface area (Å²) in [6.45, 7) is 0. The van der Waals surface area contributed by atoms with Gasteiger partial charge in [0.2, 0.25) is 0 Å². The monoisotopic (exact) mass is 348 g/mol. The molecule has 0 bridgehead atoms. The first-order chi connectivity index (χ1) is 9.90. The molecular formula is C15H13BrN2O3. The highest BCUT2D eigenvalue weighted by atomic mass is 79.9. The van der Waals surface area contributed by atoms with E-state index in [9.17, 15) is 9.59 Å². The smallest absolute Gasteiger partial charge is 0.335 e. The number of amides is 1. The van der Waals surface area contributed by atoms with Crippen molar-refractivity contribution in [2.24, 2.45) is 0 Å². The maximum Gasteiger partial charge on any atom is 0.335 e. The van der Waals surface area contributed by atoms with Crippen molar-refractivity contribution >= 4 is 39.2 Å². The van der Waals surface area contributed by atoms with Crippen molar-refractivity contribution in [3.05, 3.63) is 58.1 Å². The van der Waals surface area contributed by atoms with Crippen LogP contribution in [0.1, 0.15) is 20.7 Å². The molecule has 0 atom stereocenters. The normalized spacial score (nSPS) is 10.2. The molecule has 0 aliphatic carbocycles. The summed E-state index contributed by atoms with van der Waals surface area (Å²) in [6, 6.07) is 11.1. The van der Waals surface area contributed by atoms with Crippen molar-refractivity contribution in [3.8, 4) is 0 Å². The molecule has 0 radical (unpaired) electrons. The van der Waals surface area contributed by atoms with E-state index >= 15 is 0 Å². The zero-order valence-corrected chi connectivity index (χ0v) is 12.8. The van der Waals surface area contributed by atoms with E-state index in [1.165, 1.54) is 17.0 Å². The van der Waals surface area contributed by atoms with Crippen LogP contribution in [0, 0.1) is 0 Å². The summed E-state index contributed by atoms with van der Waals surface area (Å²) in [7, 11) is 1.62. The van der Waals surface area contributed by atoms with E-state index in [1.54, 1.807) is 37.4 Å². The van der Waals surface area contributed by atoms with Gasteiger partial charge >= 0.3 is 5.97 Å². The van der Waals surface area contributed by atoms with E-state index in [0.29, 0.717) is 16.9 Å². The number of halogens is 1. The zero-order valence-electron chi connectivity index (χ0n) is 11.2. The Kier molecular flexibility index (Phi) is 4.28. The Labute approximate surface area is 130 Å². The van der Waals surface area contributed by atoms with Gasteiger partial charge in [0.1, 0.15) is 0 Å². The van der Waals surface area contributed by atoms with Crippen molar-refractivity contribution in [2.75, 3.05) is 17.7 Å². The summed E-state index contributed by atoms with van der Waals surface area (Å²) >= 11 is 3.28. The van der Waals surface area contributed by atoms with Gasteiger partial charge in [0.05, 0.1) is 5.56 Å². The van der Waals surface area contributed by atoms with Crippen molar-refractivity contribution in [1.82, 2.24) is 0 Å². The molecule has 0 saturated carbocycles. The van der Waals surface area contributed by atoms with E-state index in [2.05, 4.69) is 15.9 Å². The Morgan fingerprint density at radius 3 is 2.19 bits per heavy atom. The second-order valence-electron chi connectivity index (χ2n) is 4.45. The predicted octanol–water partition coefficient (Wildman–Crippen LogP) is 3.01. The number of benzene rings is 2. The molecule has 0 heterocycles. The quantitative estimate of drug-likeness (QED) is 0.835. The molecule has 0 aromatic heterocycles. The number of carboxylic acid groups (broad SMARTS) is 1. The summed E-state index contributed by atoms with van der Waals surface area (Å²) in [6.07, 6.45) is 0. The van der Waals surface area contributed by atoms with Gasteiger partial charge in [0, 0.05) is 28.5 Å². The number of anilines is 2. The van der Waals surface area contributed by atoms with Crippen LogP contribution in [0.5, 0.6) is 0 Å². The Morgan fingerprint density at radius 1 is 1.10 bits per heavy atom. The van der Waals surface area contributed by atoms with Crippen LogP contribution < -0.4 is 10.6 Å². The Morgan fingerprint density at radius 2 is 1.67 bits per heavy atom. The highest BCUT2D eigenvalue weighted by Crippen LogP contribution is 2.22. The molecule has 2 rings (SSSR count). The molecule has 21 heavy (non-hydrogen) atoms. The maximum atomic E-state index is 12.4. The number of carboxylic acids is 1. The minimum atomic E-state index is -1.00. The fourth-order valence-electron chi connectivity index (χ4n) is 1.82. The summed E-state index contributed by atoms with van der Waals surface area (Å²) < 4.78 is 0.729. The molecule has 2 aromatic carbocycles. The molecule has 0 aliphatic rings. The van der Waals surface area contributed by atoms with Crippen LogP contribution in [0.3, 0.4) is 0 Å². The van der Waals surface area contributed by atoms with Crippen LogP contribution in [-0.2, 0) is 0 Å². The first-order valence-electron chi connectivity index (χ1n) is 6.06. The Hall–Kier alpha value is -2.34. The second-order valence-corrected chi connectivity index (χ2v) is 5.31. The van der Waals surface area contributed by atoms with Gasteiger partial charge in [0.25, 0.3) is 5.91 Å². The fraction of sp³-hybridized carbons (Fsp3) is 0.0667. The van der Waals surface area contributed by atoms with Crippen molar-refractivity contribution in [1.29, 1.82) is 0 Å². The average Bonchev–Trinajstić information content (AvgIpc) is 2.48. The standard InChI is InChI=1S/C15H13BrN2O3/c1-18(11-5-2-9(3-6-11)15(20)21)14(19)10-4-7-12(16)13(17)8-10/h2-8H,17H2,1H3,(H,20,21). The van der Waals surface area contributed by atoms with Crippen molar-refractivity contribution in [3.63, 3.8) is 0 Å². The molecule has 0 aliphatic heterocycles. The lowest BCUT2D eigenvalue weighted by Gasteiger charge is -2.18. The molecule has 1 amide bonds. The van der Waals surface area contributed by atoms with Gasteiger partial charge in [-0.2, -0.15) is 0 Å². The van der Waals surface area contributed by atoms with Crippen LogP contribution in [0.2, 0.25) is 0 Å². The number of nitrogens with two attached hydrogens (primary N) is 1. The van der Waals surface area contributed by atoms with E-state index in [-0.39, 0.29) is 11.5 Å². The number of carbonyl (C=O) groups is 2. The molecule has 2 aromatic rings. The molecular weight excluding hydrogens is 336 g/mol. The zero-order chi connectivity index (χ0) is 15.6. The van der Waals surface area contributed by atoms with Crippen molar-refractivity contribution in [2.45, 2.75) is 0 Å². The number of aromatic carboxylic acids is 1. The third-order valence-electron chi connectivity index (χ3n) is 3.05. The Balaban J connectivity index is 2.25. The molecule has 5 nitrogen and oxygen atoms in total. The fourth-order valence-corrected chi connectivity index (χ4v) is 2.06. The molecule has 0 fully saturated rings. The van der Waals surface area contributed by atoms with E-state index in [0.717, 1.165) is 4.47 Å². The van der Waals surface area contributed by atoms with Gasteiger partial charge in [-0.15, -0.1) is 0 Å². The number of hydrogen-bond acceptors (Lipinski definition) is 3. The maximum absolute atomic E-state index is 12.4. The number of rotatable bonds is 3. The third kappa shape index (κ3) is 3.22. The molecule has 0 unspecified atom stereocenters. The summed E-state index contributed by atoms with van der Waals surface area (Å²) in [5.74, 6) is -1.23. The minimum absolute atomic E-state index is 0.174. The van der Waals surface area contributed by atoms with E-state index < -0.39 is 5.97 Å². The lowest BCUT2D eigenvalue weighted by atomic mass is 10.1. The van der Waals surface area contributed by atoms with Gasteiger partial charge in [0.15, 0.2) is 0 Å². The second kappa shape index (κ2) is 5.97. The van der Waals surface area contributed by atoms with Crippen molar-refractivity contribution < 1.29 is 14.7 Å². The van der Waals surface area contributed by atoms with E-state index in [1.807, 2.05) is 0 Å². The summed E-state index contributed by atoms with van der Waals surface area (Å²) in [5.41, 5.74) is 7.49. The third-order valence-corrected chi connectivity index (χ3v) is 3.77. The van der Waals surface area contributed by atoms with Crippen LogP contribution in [0.15, 0.2) is 46.9 Å². The SMILES string of the molecule is CN(C(=O)c1ccc(Br)c(N)c1)c1ccc(C(=O)O)cc1. The lowest BCUT2D eigenvalue weighted by Crippen LogP contribution is -2.26. The average molecular weight is 349 g/mol. The van der Waals surface area contributed by atoms with Crippen LogP contribution in [0.4, 0.5) is 11.4 Å². The van der Waals surface area contributed by atoms with Gasteiger partial charge in [-0.1, -0.05) is 0 Å². The number of nitrogen functional groups attached to an aromatic ring is 1. The van der Waals surface area contributed by atoms with Gasteiger partial charge in [-0.05, 0) is 58.4 Å². The summed E-state index contributed by atoms with van der Waals surface area (Å²) in [4.78, 5) is 24.6. The first kappa shape index (κ1) is 15.1. The molecule has 108 valence electrons. The van der Waals surface area contributed by atoms with Crippen LogP contribution in [0.25, 0.3) is 0 Å². The van der Waals surface area contributed by atoms with Gasteiger partial charge in [-0.3, -0.25) is 4.79 Å². The predicted molar refractivity (Wildman–Crippen MR) is 84.7 cm³/mol. The van der Waals surface area contributed by atoms with Crippen LogP contribution >= 0.6 is 15.9 Å². The lowest BCUT2D eigenvalue weighted by molar-refractivity contribution is 0.0696. The van der Waals surface area contributed by atoms with Gasteiger partial charge in [-0.25, -0.2) is 4.79 Å². The topological polar surface area (TPSA) is 83.6 Å². The summed E-state index contributed by atoms with van der Waals surface area (Å²) in [5, 5.41) is 8.86. The number of nitrogens with zero attached hydrogens (tertiary/aromatic N) is 1. The first-order valence-corrected chi connectivity index (χ1v) is 6.86. The molecule has 0 spiro atoms. The molecule has 3 N–H and O–H groups in total. The van der Waals surface area contributed by atoms with Crippen LogP contribution in [-0.4, -0.2) is 24.0 Å². The minimum Gasteiger partial charge on any atom is -0.478 e. The van der Waals surface area contributed by atoms with Gasteiger partial charge < -0.3 is 15.7 Å². The molecule has 6 heteroatoms. The highest BCUT2D eigenvalue weighted by Gasteiger charge is 2.15. The highest BCUT2D eigenvalue weighted by molar-refractivity contribution is 9.10. The largest absolute Gasteiger partial charge is 0.478 e. The van der Waals surface area contributed by atoms with E-state index in [4.69, 9.17) is 10.8 Å². The number of carbonyl (C=O) groups excluding carboxylic acids is 1.